The average Bonchev–Trinajstić information content (AvgIpc) is 3.36. The molecular weight excluding hydrogens is 427 g/mol. The molecule has 0 aliphatic carbocycles. The fourth-order valence-corrected chi connectivity index (χ4v) is 4.82. The molecule has 1 aromatic heterocycles. The van der Waals surface area contributed by atoms with Crippen molar-refractivity contribution < 1.29 is 37.3 Å². The van der Waals surface area contributed by atoms with Gasteiger partial charge in [-0.15, -0.1) is 11.3 Å². The average molecular weight is 451 g/mol. The van der Waals surface area contributed by atoms with E-state index in [1.54, 1.807) is 11.3 Å². The summed E-state index contributed by atoms with van der Waals surface area (Å²) in [5.41, 5.74) is 0.718. The van der Waals surface area contributed by atoms with Crippen molar-refractivity contribution in [1.82, 2.24) is 14.8 Å². The van der Waals surface area contributed by atoms with Gasteiger partial charge >= 0.3 is 12.1 Å². The summed E-state index contributed by atoms with van der Waals surface area (Å²) in [5, 5.41) is 10.3. The first-order valence-electron chi connectivity index (χ1n) is 9.50. The number of fused-ring (bicyclic) bond motifs is 1. The number of aliphatic carboxylic acids is 1. The van der Waals surface area contributed by atoms with Gasteiger partial charge in [-0.3, -0.25) is 9.69 Å². The van der Waals surface area contributed by atoms with Crippen LogP contribution in [0.5, 0.6) is 0 Å². The van der Waals surface area contributed by atoms with Crippen molar-refractivity contribution in [2.45, 2.75) is 19.6 Å². The zero-order valence-corrected chi connectivity index (χ0v) is 17.3. The SMILES string of the molecule is Cc1csc(CN2C[C@@H]3COC[C@]3(C(=O)N3CCOCC3)C2)n1.O=C(O)C(F)(F)F. The highest BCUT2D eigenvalue weighted by molar-refractivity contribution is 7.09. The maximum Gasteiger partial charge on any atom is 0.490 e. The second kappa shape index (κ2) is 9.16. The molecule has 4 rings (SSSR count). The maximum atomic E-state index is 13.2. The van der Waals surface area contributed by atoms with Crippen LogP contribution in [0.3, 0.4) is 0 Å². The molecular formula is C18H24F3N3O5S. The van der Waals surface area contributed by atoms with Gasteiger partial charge in [-0.25, -0.2) is 9.78 Å². The normalized spacial score (nSPS) is 26.8. The zero-order valence-electron chi connectivity index (χ0n) is 16.5. The number of hydrogen-bond donors (Lipinski definition) is 1. The van der Waals surface area contributed by atoms with Crippen molar-refractivity contribution in [2.24, 2.45) is 11.3 Å². The van der Waals surface area contributed by atoms with E-state index in [1.807, 2.05) is 11.8 Å². The van der Waals surface area contributed by atoms with Gasteiger partial charge < -0.3 is 19.5 Å². The number of nitrogens with zero attached hydrogens (tertiary/aromatic N) is 3. The van der Waals surface area contributed by atoms with Crippen molar-refractivity contribution in [3.8, 4) is 0 Å². The van der Waals surface area contributed by atoms with E-state index in [4.69, 9.17) is 19.4 Å². The molecule has 0 saturated carbocycles. The third-order valence-corrected chi connectivity index (χ3v) is 6.39. The molecule has 3 aliphatic heterocycles. The van der Waals surface area contributed by atoms with Crippen LogP contribution in [-0.2, 0) is 25.6 Å². The van der Waals surface area contributed by atoms with E-state index in [0.717, 1.165) is 30.3 Å². The van der Waals surface area contributed by atoms with E-state index in [-0.39, 0.29) is 11.3 Å². The van der Waals surface area contributed by atoms with Crippen LogP contribution in [0.1, 0.15) is 10.7 Å². The monoisotopic (exact) mass is 451 g/mol. The highest BCUT2D eigenvalue weighted by Crippen LogP contribution is 2.43. The van der Waals surface area contributed by atoms with Crippen LogP contribution < -0.4 is 0 Å². The Morgan fingerprint density at radius 3 is 2.57 bits per heavy atom. The number of ether oxygens (including phenoxy) is 2. The quantitative estimate of drug-likeness (QED) is 0.743. The summed E-state index contributed by atoms with van der Waals surface area (Å²) >= 11 is 1.70. The lowest BCUT2D eigenvalue weighted by atomic mass is 9.79. The summed E-state index contributed by atoms with van der Waals surface area (Å²) in [6.45, 7) is 8.54. The lowest BCUT2D eigenvalue weighted by Crippen LogP contribution is -2.52. The molecule has 3 saturated heterocycles. The largest absolute Gasteiger partial charge is 0.490 e. The lowest BCUT2D eigenvalue weighted by Gasteiger charge is -2.35. The van der Waals surface area contributed by atoms with Gasteiger partial charge in [0.25, 0.3) is 0 Å². The minimum Gasteiger partial charge on any atom is -0.475 e. The predicted octanol–water partition coefficient (Wildman–Crippen LogP) is 1.39. The van der Waals surface area contributed by atoms with Crippen LogP contribution in [0.25, 0.3) is 0 Å². The van der Waals surface area contributed by atoms with Crippen LogP contribution in [-0.4, -0.2) is 90.5 Å². The van der Waals surface area contributed by atoms with Crippen LogP contribution in [0, 0.1) is 18.3 Å². The van der Waals surface area contributed by atoms with Gasteiger partial charge in [-0.2, -0.15) is 13.2 Å². The molecule has 8 nitrogen and oxygen atoms in total. The van der Waals surface area contributed by atoms with Gasteiger partial charge in [0.05, 0.1) is 38.4 Å². The van der Waals surface area contributed by atoms with Crippen LogP contribution in [0.2, 0.25) is 0 Å². The molecule has 1 N–H and O–H groups in total. The molecule has 1 amide bonds. The number of morpholine rings is 1. The molecule has 0 spiro atoms. The van der Waals surface area contributed by atoms with E-state index < -0.39 is 12.1 Å². The second-order valence-electron chi connectivity index (χ2n) is 7.63. The maximum absolute atomic E-state index is 13.2. The van der Waals surface area contributed by atoms with Gasteiger partial charge in [0.2, 0.25) is 5.91 Å². The van der Waals surface area contributed by atoms with Crippen LogP contribution in [0.4, 0.5) is 13.2 Å². The Kier molecular flexibility index (Phi) is 7.00. The summed E-state index contributed by atoms with van der Waals surface area (Å²) in [6.07, 6.45) is -5.08. The molecule has 4 heterocycles. The molecule has 0 aromatic carbocycles. The molecule has 3 aliphatic rings. The number of halogens is 3. The standard InChI is InChI=1S/C16H23N3O3S.C2HF3O2/c1-12-9-23-14(17-12)7-18-6-13-8-22-11-16(13,10-18)15(20)19-2-4-21-5-3-19;3-2(4,5)1(6)7/h9,13H,2-8,10-11H2,1H3;(H,6,7)/t13-,16-;/m1./s1. The summed E-state index contributed by atoms with van der Waals surface area (Å²) in [5.74, 6) is -2.19. The molecule has 3 fully saturated rings. The summed E-state index contributed by atoms with van der Waals surface area (Å²) in [4.78, 5) is 31.0. The number of thiazole rings is 1. The Bertz CT molecular complexity index is 768. The molecule has 0 bridgehead atoms. The Morgan fingerprint density at radius 1 is 1.33 bits per heavy atom. The van der Waals surface area contributed by atoms with E-state index in [0.29, 0.717) is 45.4 Å². The number of carboxylic acid groups (broad SMARTS) is 1. The number of carboxylic acids is 1. The van der Waals surface area contributed by atoms with Crippen molar-refractivity contribution in [3.05, 3.63) is 16.1 Å². The third-order valence-electron chi connectivity index (χ3n) is 5.44. The second-order valence-corrected chi connectivity index (χ2v) is 8.57. The summed E-state index contributed by atoms with van der Waals surface area (Å²) < 4.78 is 42.8. The zero-order chi connectivity index (χ0) is 21.9. The molecule has 12 heteroatoms. The number of alkyl halides is 3. The number of rotatable bonds is 3. The highest BCUT2D eigenvalue weighted by atomic mass is 32.1. The highest BCUT2D eigenvalue weighted by Gasteiger charge is 2.57. The first kappa shape index (κ1) is 22.9. The summed E-state index contributed by atoms with van der Waals surface area (Å²) in [6, 6.07) is 0. The number of carbonyl (C=O) groups is 2. The Balaban J connectivity index is 0.000000318. The van der Waals surface area contributed by atoms with Gasteiger partial charge in [-0.05, 0) is 6.92 Å². The summed E-state index contributed by atoms with van der Waals surface area (Å²) in [7, 11) is 0. The topological polar surface area (TPSA) is 92.2 Å². The Hall–Kier alpha value is -1.76. The predicted molar refractivity (Wildman–Crippen MR) is 100.0 cm³/mol. The van der Waals surface area contributed by atoms with E-state index in [1.165, 1.54) is 0 Å². The fourth-order valence-electron chi connectivity index (χ4n) is 4.01. The Morgan fingerprint density at radius 2 is 2.00 bits per heavy atom. The number of carbonyl (C=O) groups excluding carboxylic acids is 1. The Labute approximate surface area is 175 Å². The molecule has 1 aromatic rings. The molecule has 0 radical (unpaired) electrons. The van der Waals surface area contributed by atoms with Gasteiger partial charge in [0.15, 0.2) is 0 Å². The number of hydrogen-bond acceptors (Lipinski definition) is 7. The number of likely N-dealkylation sites (tertiary alicyclic amines) is 1. The van der Waals surface area contributed by atoms with E-state index in [9.17, 15) is 18.0 Å². The minimum atomic E-state index is -5.08. The van der Waals surface area contributed by atoms with Crippen LogP contribution in [0.15, 0.2) is 5.38 Å². The number of aromatic nitrogens is 1. The fraction of sp³-hybridized carbons (Fsp3) is 0.722. The number of aryl methyl sites for hydroxylation is 1. The lowest BCUT2D eigenvalue weighted by molar-refractivity contribution is -0.192. The van der Waals surface area contributed by atoms with Crippen LogP contribution >= 0.6 is 11.3 Å². The first-order valence-corrected chi connectivity index (χ1v) is 10.4. The van der Waals surface area contributed by atoms with Crippen molar-refractivity contribution >= 4 is 23.2 Å². The van der Waals surface area contributed by atoms with Crippen molar-refractivity contribution in [2.75, 3.05) is 52.6 Å². The van der Waals surface area contributed by atoms with Crippen molar-refractivity contribution in [1.29, 1.82) is 0 Å². The number of amides is 1. The third kappa shape index (κ3) is 5.10. The van der Waals surface area contributed by atoms with E-state index >= 15 is 0 Å². The van der Waals surface area contributed by atoms with Gasteiger partial charge in [-0.1, -0.05) is 0 Å². The van der Waals surface area contributed by atoms with Crippen molar-refractivity contribution in [3.63, 3.8) is 0 Å². The molecule has 0 unspecified atom stereocenters. The molecule has 168 valence electrons. The smallest absolute Gasteiger partial charge is 0.475 e. The minimum absolute atomic E-state index is 0.265. The molecule has 30 heavy (non-hydrogen) atoms. The van der Waals surface area contributed by atoms with Gasteiger partial charge in [0.1, 0.15) is 5.01 Å². The van der Waals surface area contributed by atoms with E-state index in [2.05, 4.69) is 15.3 Å². The van der Waals surface area contributed by atoms with Gasteiger partial charge in [0, 0.05) is 43.2 Å². The first-order chi connectivity index (χ1) is 14.1. The molecule has 2 atom stereocenters.